The molecule has 14 heavy (non-hydrogen) atoms. The number of rotatable bonds is 2. The summed E-state index contributed by atoms with van der Waals surface area (Å²) in [7, 11) is 0. The van der Waals surface area contributed by atoms with Crippen LogP contribution >= 0.6 is 0 Å². The van der Waals surface area contributed by atoms with Gasteiger partial charge >= 0.3 is 5.97 Å². The van der Waals surface area contributed by atoms with Crippen molar-refractivity contribution in [2.24, 2.45) is 0 Å². The molecule has 2 aromatic rings. The molecular weight excluding hydrogens is 180 g/mol. The molecule has 0 fully saturated rings. The maximum Gasteiger partial charge on any atom is 0.337 e. The third kappa shape index (κ3) is 1.50. The maximum absolute atomic E-state index is 10.7. The number of nitrogens with zero attached hydrogens (tertiary/aromatic N) is 1. The lowest BCUT2D eigenvalue weighted by atomic mass is 10.1. The van der Waals surface area contributed by atoms with Gasteiger partial charge in [0.1, 0.15) is 0 Å². The van der Waals surface area contributed by atoms with E-state index < -0.39 is 5.97 Å². The molecule has 0 aliphatic rings. The van der Waals surface area contributed by atoms with Crippen LogP contribution in [0.4, 0.5) is 0 Å². The van der Waals surface area contributed by atoms with Gasteiger partial charge in [0.2, 0.25) is 0 Å². The van der Waals surface area contributed by atoms with Gasteiger partial charge < -0.3 is 10.1 Å². The summed E-state index contributed by atoms with van der Waals surface area (Å²) in [6.07, 6.45) is 4.73. The number of nitrogens with one attached hydrogen (secondary N) is 1. The number of hydrogen-bond donors (Lipinski definition) is 2. The van der Waals surface area contributed by atoms with E-state index in [-0.39, 0.29) is 5.56 Å². The van der Waals surface area contributed by atoms with Gasteiger partial charge in [-0.1, -0.05) is 0 Å². The van der Waals surface area contributed by atoms with Gasteiger partial charge in [0.05, 0.1) is 5.56 Å². The highest BCUT2D eigenvalue weighted by Gasteiger charge is 2.05. The molecule has 2 heterocycles. The van der Waals surface area contributed by atoms with E-state index >= 15 is 0 Å². The highest BCUT2D eigenvalue weighted by Crippen LogP contribution is 2.16. The van der Waals surface area contributed by atoms with Gasteiger partial charge in [-0.05, 0) is 18.2 Å². The summed E-state index contributed by atoms with van der Waals surface area (Å²) in [6, 6.07) is 5.30. The number of aromatic amines is 1. The minimum Gasteiger partial charge on any atom is -0.478 e. The standard InChI is InChI=1S/C10H8N2O2/c13-10(14)8-4-7(5-11-6-8)9-2-1-3-12-9/h1-6,12H,(H,13,14). The van der Waals surface area contributed by atoms with Crippen molar-refractivity contribution in [1.82, 2.24) is 9.97 Å². The first-order valence-corrected chi connectivity index (χ1v) is 4.09. The lowest BCUT2D eigenvalue weighted by Crippen LogP contribution is -1.97. The highest BCUT2D eigenvalue weighted by atomic mass is 16.4. The zero-order valence-corrected chi connectivity index (χ0v) is 7.27. The first-order chi connectivity index (χ1) is 6.77. The molecule has 2 aromatic heterocycles. The van der Waals surface area contributed by atoms with Crippen molar-refractivity contribution in [1.29, 1.82) is 0 Å². The number of hydrogen-bond acceptors (Lipinski definition) is 2. The predicted molar refractivity (Wildman–Crippen MR) is 51.0 cm³/mol. The van der Waals surface area contributed by atoms with E-state index in [0.717, 1.165) is 11.3 Å². The number of carboxylic acid groups (broad SMARTS) is 1. The normalized spacial score (nSPS) is 10.0. The van der Waals surface area contributed by atoms with Crippen molar-refractivity contribution in [2.45, 2.75) is 0 Å². The molecule has 0 bridgehead atoms. The summed E-state index contributed by atoms with van der Waals surface area (Å²) in [5, 5.41) is 8.76. The van der Waals surface area contributed by atoms with Crippen LogP contribution in [-0.2, 0) is 0 Å². The van der Waals surface area contributed by atoms with Crippen molar-refractivity contribution >= 4 is 5.97 Å². The largest absolute Gasteiger partial charge is 0.478 e. The molecular formula is C10H8N2O2. The van der Waals surface area contributed by atoms with E-state index in [2.05, 4.69) is 9.97 Å². The Balaban J connectivity index is 2.46. The summed E-state index contributed by atoms with van der Waals surface area (Å²) in [6.45, 7) is 0. The number of pyridine rings is 1. The van der Waals surface area contributed by atoms with Crippen LogP contribution in [0.5, 0.6) is 0 Å². The van der Waals surface area contributed by atoms with Crippen LogP contribution in [0.25, 0.3) is 11.3 Å². The number of carbonyl (C=O) groups is 1. The first-order valence-electron chi connectivity index (χ1n) is 4.09. The van der Waals surface area contributed by atoms with Gasteiger partial charge in [0, 0.05) is 29.8 Å². The molecule has 0 unspecified atom stereocenters. The Morgan fingerprint density at radius 1 is 1.43 bits per heavy atom. The number of H-pyrrole nitrogens is 1. The Morgan fingerprint density at radius 3 is 2.93 bits per heavy atom. The SMILES string of the molecule is O=C(O)c1cncc(-c2ccc[nH]2)c1. The fourth-order valence-electron chi connectivity index (χ4n) is 1.21. The first kappa shape index (κ1) is 8.50. The van der Waals surface area contributed by atoms with Crippen molar-refractivity contribution in [3.63, 3.8) is 0 Å². The smallest absolute Gasteiger partial charge is 0.337 e. The molecule has 0 atom stereocenters. The van der Waals surface area contributed by atoms with Crippen molar-refractivity contribution in [2.75, 3.05) is 0 Å². The van der Waals surface area contributed by atoms with E-state index in [0.29, 0.717) is 0 Å². The van der Waals surface area contributed by atoms with Crippen molar-refractivity contribution < 1.29 is 9.90 Å². The third-order valence-electron chi connectivity index (χ3n) is 1.89. The van der Waals surface area contributed by atoms with E-state index in [1.807, 2.05) is 12.1 Å². The van der Waals surface area contributed by atoms with Gasteiger partial charge in [-0.25, -0.2) is 4.79 Å². The van der Waals surface area contributed by atoms with Gasteiger partial charge in [-0.15, -0.1) is 0 Å². The number of carboxylic acids is 1. The van der Waals surface area contributed by atoms with Gasteiger partial charge in [-0.2, -0.15) is 0 Å². The quantitative estimate of drug-likeness (QED) is 0.754. The summed E-state index contributed by atoms with van der Waals surface area (Å²) in [5.74, 6) is -0.967. The molecule has 0 amide bonds. The minimum absolute atomic E-state index is 0.192. The van der Waals surface area contributed by atoms with Crippen LogP contribution < -0.4 is 0 Å². The Kier molecular flexibility index (Phi) is 2.02. The second-order valence-electron chi connectivity index (χ2n) is 2.85. The van der Waals surface area contributed by atoms with Crippen molar-refractivity contribution in [3.8, 4) is 11.3 Å². The Hall–Kier alpha value is -2.10. The Labute approximate surface area is 80.2 Å². The van der Waals surface area contributed by atoms with Crippen LogP contribution in [0.15, 0.2) is 36.8 Å². The number of aromatic carboxylic acids is 1. The fraction of sp³-hybridized carbons (Fsp3) is 0. The molecule has 0 radical (unpaired) electrons. The summed E-state index contributed by atoms with van der Waals surface area (Å²) >= 11 is 0. The molecule has 2 rings (SSSR count). The van der Waals surface area contributed by atoms with Crippen LogP contribution in [0.2, 0.25) is 0 Å². The maximum atomic E-state index is 10.7. The van der Waals surface area contributed by atoms with Gasteiger partial charge in [0.15, 0.2) is 0 Å². The average molecular weight is 188 g/mol. The van der Waals surface area contributed by atoms with Crippen LogP contribution in [0.1, 0.15) is 10.4 Å². The second-order valence-corrected chi connectivity index (χ2v) is 2.85. The molecule has 0 spiro atoms. The van der Waals surface area contributed by atoms with E-state index in [1.54, 1.807) is 18.5 Å². The minimum atomic E-state index is -0.967. The molecule has 0 aliphatic heterocycles. The second kappa shape index (κ2) is 3.33. The van der Waals surface area contributed by atoms with Crippen LogP contribution in [0, 0.1) is 0 Å². The van der Waals surface area contributed by atoms with Gasteiger partial charge in [-0.3, -0.25) is 4.98 Å². The molecule has 0 aromatic carbocycles. The van der Waals surface area contributed by atoms with Gasteiger partial charge in [0.25, 0.3) is 0 Å². The average Bonchev–Trinajstić information content (AvgIpc) is 2.71. The molecule has 0 aliphatic carbocycles. The van der Waals surface area contributed by atoms with Crippen LogP contribution in [-0.4, -0.2) is 21.0 Å². The molecule has 2 N–H and O–H groups in total. The summed E-state index contributed by atoms with van der Waals surface area (Å²) < 4.78 is 0. The van der Waals surface area contributed by atoms with Crippen LogP contribution in [0.3, 0.4) is 0 Å². The predicted octanol–water partition coefficient (Wildman–Crippen LogP) is 1.77. The third-order valence-corrected chi connectivity index (χ3v) is 1.89. The zero-order chi connectivity index (χ0) is 9.97. The zero-order valence-electron chi connectivity index (χ0n) is 7.27. The summed E-state index contributed by atoms with van der Waals surface area (Å²) in [5.41, 5.74) is 1.83. The van der Waals surface area contributed by atoms with Crippen molar-refractivity contribution in [3.05, 3.63) is 42.4 Å². The van der Waals surface area contributed by atoms with E-state index in [9.17, 15) is 4.79 Å². The molecule has 0 saturated carbocycles. The molecule has 0 saturated heterocycles. The fourth-order valence-corrected chi connectivity index (χ4v) is 1.21. The number of aromatic nitrogens is 2. The monoisotopic (exact) mass is 188 g/mol. The van der Waals surface area contributed by atoms with E-state index in [4.69, 9.17) is 5.11 Å². The molecule has 70 valence electrons. The highest BCUT2D eigenvalue weighted by molar-refractivity contribution is 5.88. The molecule has 4 nitrogen and oxygen atoms in total. The lowest BCUT2D eigenvalue weighted by Gasteiger charge is -1.98. The van der Waals surface area contributed by atoms with E-state index in [1.165, 1.54) is 6.20 Å². The Morgan fingerprint density at radius 2 is 2.29 bits per heavy atom. The topological polar surface area (TPSA) is 66.0 Å². The lowest BCUT2D eigenvalue weighted by molar-refractivity contribution is 0.0696. The summed E-state index contributed by atoms with van der Waals surface area (Å²) in [4.78, 5) is 17.5. The molecule has 4 heteroatoms. The Bertz CT molecular complexity index is 449.